The molecule has 7 nitrogen and oxygen atoms in total. The summed E-state index contributed by atoms with van der Waals surface area (Å²) in [7, 11) is 0. The maximum absolute atomic E-state index is 12.8. The quantitative estimate of drug-likeness (QED) is 0.883. The van der Waals surface area contributed by atoms with Gasteiger partial charge in [-0.15, -0.1) is 0 Å². The maximum atomic E-state index is 12.8. The summed E-state index contributed by atoms with van der Waals surface area (Å²) in [6, 6.07) is 9.00. The van der Waals surface area contributed by atoms with Gasteiger partial charge in [-0.2, -0.15) is 5.10 Å². The van der Waals surface area contributed by atoms with Gasteiger partial charge in [-0.3, -0.25) is 14.3 Å². The third kappa shape index (κ3) is 4.11. The summed E-state index contributed by atoms with van der Waals surface area (Å²) >= 11 is 0. The highest BCUT2D eigenvalue weighted by atomic mass is 16.5. The molecule has 1 unspecified atom stereocenters. The molecule has 1 aliphatic rings. The van der Waals surface area contributed by atoms with Gasteiger partial charge in [0.1, 0.15) is 0 Å². The van der Waals surface area contributed by atoms with Crippen molar-refractivity contribution in [3.63, 3.8) is 0 Å². The molecule has 1 amide bonds. The monoisotopic (exact) mass is 357 g/mol. The smallest absolute Gasteiger partial charge is 0.305 e. The lowest BCUT2D eigenvalue weighted by Crippen LogP contribution is -2.49. The second-order valence-electron chi connectivity index (χ2n) is 6.61. The van der Waals surface area contributed by atoms with Gasteiger partial charge in [0.15, 0.2) is 0 Å². The molecule has 0 radical (unpaired) electrons. The molecule has 0 spiro atoms. The number of carboxylic acid groups (broad SMARTS) is 1. The van der Waals surface area contributed by atoms with Crippen LogP contribution in [0.2, 0.25) is 0 Å². The SMILES string of the molecule is Cc1cc(C)n(Cc2ccc(C(=O)N3CCOCC3CC(=O)O)cc2)n1. The standard InChI is InChI=1S/C19H23N3O4/c1-13-9-14(2)22(20-13)11-15-3-5-16(6-4-15)19(25)21-7-8-26-12-17(21)10-18(23)24/h3-6,9,17H,7-8,10-12H2,1-2H3,(H,23,24). The zero-order valence-corrected chi connectivity index (χ0v) is 15.0. The van der Waals surface area contributed by atoms with Crippen molar-refractivity contribution in [3.05, 3.63) is 52.8 Å². The highest BCUT2D eigenvalue weighted by Gasteiger charge is 2.29. The highest BCUT2D eigenvalue weighted by Crippen LogP contribution is 2.16. The van der Waals surface area contributed by atoms with Crippen LogP contribution in [-0.4, -0.2) is 57.5 Å². The lowest BCUT2D eigenvalue weighted by molar-refractivity contribution is -0.139. The van der Waals surface area contributed by atoms with E-state index < -0.39 is 12.0 Å². The number of aliphatic carboxylic acids is 1. The fourth-order valence-electron chi connectivity index (χ4n) is 3.22. The Morgan fingerprint density at radius 1 is 1.27 bits per heavy atom. The van der Waals surface area contributed by atoms with Crippen LogP contribution in [0.4, 0.5) is 0 Å². The number of morpholine rings is 1. The van der Waals surface area contributed by atoms with E-state index in [1.54, 1.807) is 17.0 Å². The summed E-state index contributed by atoms with van der Waals surface area (Å²) in [5.74, 6) is -1.09. The third-order valence-corrected chi connectivity index (χ3v) is 4.54. The average Bonchev–Trinajstić information content (AvgIpc) is 2.92. The maximum Gasteiger partial charge on any atom is 0.305 e. The van der Waals surface area contributed by atoms with Crippen molar-refractivity contribution in [2.75, 3.05) is 19.8 Å². The molecule has 1 aliphatic heterocycles. The molecular formula is C19H23N3O4. The minimum atomic E-state index is -0.932. The van der Waals surface area contributed by atoms with Crippen LogP contribution in [0.25, 0.3) is 0 Å². The molecule has 0 aliphatic carbocycles. The summed E-state index contributed by atoms with van der Waals surface area (Å²) in [6.45, 7) is 5.71. The largest absolute Gasteiger partial charge is 0.481 e. The van der Waals surface area contributed by atoms with Gasteiger partial charge >= 0.3 is 5.97 Å². The van der Waals surface area contributed by atoms with E-state index >= 15 is 0 Å². The van der Waals surface area contributed by atoms with E-state index in [0.29, 0.717) is 25.3 Å². The Morgan fingerprint density at radius 2 is 2.00 bits per heavy atom. The van der Waals surface area contributed by atoms with Crippen LogP contribution in [0.3, 0.4) is 0 Å². The molecule has 2 aromatic rings. The number of ether oxygens (including phenoxy) is 1. The Balaban J connectivity index is 1.71. The van der Waals surface area contributed by atoms with Gasteiger partial charge in [-0.05, 0) is 37.6 Å². The van der Waals surface area contributed by atoms with E-state index in [-0.39, 0.29) is 18.9 Å². The molecule has 138 valence electrons. The summed E-state index contributed by atoms with van der Waals surface area (Å²) in [6.07, 6.45) is -0.109. The summed E-state index contributed by atoms with van der Waals surface area (Å²) in [5, 5.41) is 13.5. The molecule has 3 rings (SSSR count). The molecule has 1 aromatic carbocycles. The zero-order valence-electron chi connectivity index (χ0n) is 15.0. The molecule has 0 saturated carbocycles. The number of aromatic nitrogens is 2. The topological polar surface area (TPSA) is 84.7 Å². The lowest BCUT2D eigenvalue weighted by atomic mass is 10.1. The van der Waals surface area contributed by atoms with E-state index in [2.05, 4.69) is 5.10 Å². The highest BCUT2D eigenvalue weighted by molar-refractivity contribution is 5.94. The Labute approximate surface area is 152 Å². The normalized spacial score (nSPS) is 17.3. The number of carbonyl (C=O) groups excluding carboxylic acids is 1. The number of benzene rings is 1. The van der Waals surface area contributed by atoms with E-state index in [0.717, 1.165) is 17.0 Å². The summed E-state index contributed by atoms with van der Waals surface area (Å²) in [5.41, 5.74) is 3.68. The number of carbonyl (C=O) groups is 2. The van der Waals surface area contributed by atoms with Gasteiger partial charge in [0.25, 0.3) is 5.91 Å². The van der Waals surface area contributed by atoms with Crippen molar-refractivity contribution >= 4 is 11.9 Å². The number of rotatable bonds is 5. The van der Waals surface area contributed by atoms with Crippen molar-refractivity contribution in [3.8, 4) is 0 Å². The first-order chi connectivity index (χ1) is 12.4. The first kappa shape index (κ1) is 18.1. The van der Waals surface area contributed by atoms with Crippen molar-refractivity contribution in [1.82, 2.24) is 14.7 Å². The third-order valence-electron chi connectivity index (χ3n) is 4.54. The van der Waals surface area contributed by atoms with E-state index in [1.807, 2.05) is 36.7 Å². The second-order valence-corrected chi connectivity index (χ2v) is 6.61. The summed E-state index contributed by atoms with van der Waals surface area (Å²) < 4.78 is 7.26. The van der Waals surface area contributed by atoms with E-state index in [4.69, 9.17) is 9.84 Å². The zero-order chi connectivity index (χ0) is 18.7. The van der Waals surface area contributed by atoms with Gasteiger partial charge in [0.2, 0.25) is 0 Å². The minimum Gasteiger partial charge on any atom is -0.481 e. The molecule has 1 N–H and O–H groups in total. The van der Waals surface area contributed by atoms with Crippen LogP contribution in [-0.2, 0) is 16.1 Å². The van der Waals surface area contributed by atoms with Crippen LogP contribution in [0, 0.1) is 13.8 Å². The predicted octanol–water partition coefficient (Wildman–Crippen LogP) is 1.86. The Hall–Kier alpha value is -2.67. The molecule has 1 fully saturated rings. The van der Waals surface area contributed by atoms with Crippen LogP contribution < -0.4 is 0 Å². The molecule has 1 saturated heterocycles. The second kappa shape index (κ2) is 7.70. The Kier molecular flexibility index (Phi) is 5.37. The Morgan fingerprint density at radius 3 is 2.62 bits per heavy atom. The average molecular weight is 357 g/mol. The molecular weight excluding hydrogens is 334 g/mol. The van der Waals surface area contributed by atoms with Gasteiger partial charge in [0.05, 0.1) is 37.9 Å². The number of nitrogens with zero attached hydrogens (tertiary/aromatic N) is 3. The fraction of sp³-hybridized carbons (Fsp3) is 0.421. The van der Waals surface area contributed by atoms with Gasteiger partial charge in [0, 0.05) is 17.8 Å². The predicted molar refractivity (Wildman–Crippen MR) is 95.1 cm³/mol. The molecule has 2 heterocycles. The van der Waals surface area contributed by atoms with Crippen LogP contribution in [0.1, 0.15) is 33.7 Å². The molecule has 7 heteroatoms. The molecule has 26 heavy (non-hydrogen) atoms. The molecule has 1 atom stereocenters. The first-order valence-corrected chi connectivity index (χ1v) is 8.64. The Bertz CT molecular complexity index is 798. The molecule has 0 bridgehead atoms. The van der Waals surface area contributed by atoms with Crippen molar-refractivity contribution in [1.29, 1.82) is 0 Å². The number of hydrogen-bond acceptors (Lipinski definition) is 4. The number of amides is 1. The van der Waals surface area contributed by atoms with Crippen LogP contribution >= 0.6 is 0 Å². The minimum absolute atomic E-state index is 0.109. The van der Waals surface area contributed by atoms with Crippen LogP contribution in [0.5, 0.6) is 0 Å². The lowest BCUT2D eigenvalue weighted by Gasteiger charge is -2.34. The van der Waals surface area contributed by atoms with Crippen molar-refractivity contribution in [2.45, 2.75) is 32.9 Å². The fourth-order valence-corrected chi connectivity index (χ4v) is 3.22. The number of hydrogen-bond donors (Lipinski definition) is 1. The number of carboxylic acids is 1. The van der Waals surface area contributed by atoms with Gasteiger partial charge in [-0.1, -0.05) is 12.1 Å². The van der Waals surface area contributed by atoms with Gasteiger partial charge < -0.3 is 14.7 Å². The summed E-state index contributed by atoms with van der Waals surface area (Å²) in [4.78, 5) is 25.4. The van der Waals surface area contributed by atoms with Crippen LogP contribution in [0.15, 0.2) is 30.3 Å². The van der Waals surface area contributed by atoms with Gasteiger partial charge in [-0.25, -0.2) is 0 Å². The number of aryl methyl sites for hydroxylation is 2. The van der Waals surface area contributed by atoms with E-state index in [9.17, 15) is 9.59 Å². The molecule has 1 aromatic heterocycles. The first-order valence-electron chi connectivity index (χ1n) is 8.64. The van der Waals surface area contributed by atoms with Crippen molar-refractivity contribution in [2.24, 2.45) is 0 Å². The van der Waals surface area contributed by atoms with Crippen molar-refractivity contribution < 1.29 is 19.4 Å². The van der Waals surface area contributed by atoms with E-state index in [1.165, 1.54) is 0 Å².